The normalized spacial score (nSPS) is 17.8. The lowest BCUT2D eigenvalue weighted by atomic mass is 9.92. The number of aromatic nitrogens is 1. The minimum absolute atomic E-state index is 0.0989. The Hall–Kier alpha value is -2.25. The Morgan fingerprint density at radius 3 is 2.55 bits per heavy atom. The first-order valence-corrected chi connectivity index (χ1v) is 12.7. The lowest BCUT2D eigenvalue weighted by Gasteiger charge is -2.32. The SMILES string of the molecule is CN(CCc1ccccn1)C(=O)C1CCN(S(=O)(=O)c2ccc3c(c2)CCCC3)CC1. The van der Waals surface area contributed by atoms with Gasteiger partial charge in [0, 0.05) is 50.9 Å². The summed E-state index contributed by atoms with van der Waals surface area (Å²) < 4.78 is 27.9. The quantitative estimate of drug-likeness (QED) is 0.691. The number of pyridine rings is 1. The summed E-state index contributed by atoms with van der Waals surface area (Å²) in [5.41, 5.74) is 3.42. The molecule has 0 radical (unpaired) electrons. The van der Waals surface area contributed by atoms with Gasteiger partial charge >= 0.3 is 0 Å². The summed E-state index contributed by atoms with van der Waals surface area (Å²) in [4.78, 5) is 19.3. The van der Waals surface area contributed by atoms with Crippen LogP contribution in [0.15, 0.2) is 47.5 Å². The Bertz CT molecular complexity index is 1020. The molecule has 4 rings (SSSR count). The molecule has 1 aromatic heterocycles. The van der Waals surface area contributed by atoms with E-state index in [1.54, 1.807) is 21.5 Å². The van der Waals surface area contributed by atoms with Crippen molar-refractivity contribution in [2.24, 2.45) is 5.92 Å². The number of hydrogen-bond donors (Lipinski definition) is 0. The predicted octanol–water partition coefficient (Wildman–Crippen LogP) is 3.06. The number of aryl methyl sites for hydroxylation is 2. The van der Waals surface area contributed by atoms with Crippen molar-refractivity contribution in [3.63, 3.8) is 0 Å². The van der Waals surface area contributed by atoms with Gasteiger partial charge in [-0.3, -0.25) is 9.78 Å². The molecule has 2 aliphatic rings. The first kappa shape index (κ1) is 22.0. The number of carbonyl (C=O) groups is 1. The highest BCUT2D eigenvalue weighted by Gasteiger charge is 2.33. The fourth-order valence-corrected chi connectivity index (χ4v) is 6.13. The van der Waals surface area contributed by atoms with Crippen LogP contribution in [0.2, 0.25) is 0 Å². The average molecular weight is 442 g/mol. The maximum Gasteiger partial charge on any atom is 0.243 e. The van der Waals surface area contributed by atoms with Crippen LogP contribution < -0.4 is 0 Å². The van der Waals surface area contributed by atoms with Gasteiger partial charge in [-0.2, -0.15) is 4.31 Å². The van der Waals surface area contributed by atoms with Gasteiger partial charge in [-0.15, -0.1) is 0 Å². The number of rotatable bonds is 6. The molecule has 7 heteroatoms. The van der Waals surface area contributed by atoms with E-state index in [0.717, 1.165) is 25.0 Å². The highest BCUT2D eigenvalue weighted by Crippen LogP contribution is 2.28. The number of likely N-dealkylation sites (N-methyl/N-ethyl adjacent to an activating group) is 1. The van der Waals surface area contributed by atoms with Crippen LogP contribution >= 0.6 is 0 Å². The molecule has 2 aromatic rings. The molecular formula is C24H31N3O3S. The van der Waals surface area contributed by atoms with Crippen LogP contribution in [-0.2, 0) is 34.1 Å². The van der Waals surface area contributed by atoms with Gasteiger partial charge in [0.25, 0.3) is 0 Å². The third-order valence-electron chi connectivity index (χ3n) is 6.57. The Morgan fingerprint density at radius 2 is 1.84 bits per heavy atom. The summed E-state index contributed by atoms with van der Waals surface area (Å²) in [7, 11) is -1.69. The molecule has 0 bridgehead atoms. The van der Waals surface area contributed by atoms with Gasteiger partial charge < -0.3 is 4.90 Å². The number of sulfonamides is 1. The van der Waals surface area contributed by atoms with E-state index in [1.165, 1.54) is 17.5 Å². The van der Waals surface area contributed by atoms with E-state index in [1.807, 2.05) is 37.4 Å². The second kappa shape index (κ2) is 9.49. The van der Waals surface area contributed by atoms with Gasteiger partial charge in [0.15, 0.2) is 0 Å². The molecule has 0 saturated carbocycles. The Balaban J connectivity index is 1.33. The number of benzene rings is 1. The fraction of sp³-hybridized carbons (Fsp3) is 0.500. The minimum Gasteiger partial charge on any atom is -0.345 e. The summed E-state index contributed by atoms with van der Waals surface area (Å²) >= 11 is 0. The first-order chi connectivity index (χ1) is 14.9. The second-order valence-electron chi connectivity index (χ2n) is 8.65. The van der Waals surface area contributed by atoms with E-state index >= 15 is 0 Å². The maximum absolute atomic E-state index is 13.2. The number of fused-ring (bicyclic) bond motifs is 1. The molecule has 1 aliphatic heterocycles. The summed E-state index contributed by atoms with van der Waals surface area (Å²) in [6.45, 7) is 1.40. The van der Waals surface area contributed by atoms with Crippen molar-refractivity contribution in [3.8, 4) is 0 Å². The predicted molar refractivity (Wildman–Crippen MR) is 120 cm³/mol. The highest BCUT2D eigenvalue weighted by atomic mass is 32.2. The Kier molecular flexibility index (Phi) is 6.72. The maximum atomic E-state index is 13.2. The first-order valence-electron chi connectivity index (χ1n) is 11.2. The molecule has 1 amide bonds. The number of nitrogens with zero attached hydrogens (tertiary/aromatic N) is 3. The topological polar surface area (TPSA) is 70.6 Å². The van der Waals surface area contributed by atoms with Crippen LogP contribution in [-0.4, -0.2) is 55.2 Å². The Morgan fingerprint density at radius 1 is 1.10 bits per heavy atom. The number of hydrogen-bond acceptors (Lipinski definition) is 4. The summed E-state index contributed by atoms with van der Waals surface area (Å²) in [6, 6.07) is 11.4. The van der Waals surface area contributed by atoms with E-state index in [9.17, 15) is 13.2 Å². The number of piperidine rings is 1. The second-order valence-corrected chi connectivity index (χ2v) is 10.6. The van der Waals surface area contributed by atoms with Crippen LogP contribution in [0.5, 0.6) is 0 Å². The van der Waals surface area contributed by atoms with Crippen molar-refractivity contribution < 1.29 is 13.2 Å². The van der Waals surface area contributed by atoms with Crippen LogP contribution in [0.25, 0.3) is 0 Å². The third-order valence-corrected chi connectivity index (χ3v) is 8.46. The molecule has 0 atom stereocenters. The highest BCUT2D eigenvalue weighted by molar-refractivity contribution is 7.89. The zero-order valence-corrected chi connectivity index (χ0v) is 19.0. The van der Waals surface area contributed by atoms with Crippen LogP contribution in [0.1, 0.15) is 42.5 Å². The smallest absolute Gasteiger partial charge is 0.243 e. The van der Waals surface area contributed by atoms with Gasteiger partial charge in [-0.1, -0.05) is 12.1 Å². The molecule has 31 heavy (non-hydrogen) atoms. The van der Waals surface area contributed by atoms with E-state index in [4.69, 9.17) is 0 Å². The minimum atomic E-state index is -3.51. The zero-order chi connectivity index (χ0) is 21.8. The zero-order valence-electron chi connectivity index (χ0n) is 18.2. The van der Waals surface area contributed by atoms with Crippen LogP contribution in [0, 0.1) is 5.92 Å². The van der Waals surface area contributed by atoms with E-state index in [2.05, 4.69) is 4.98 Å². The third kappa shape index (κ3) is 4.99. The van der Waals surface area contributed by atoms with Gasteiger partial charge in [-0.25, -0.2) is 8.42 Å². The molecule has 1 aliphatic carbocycles. The lowest BCUT2D eigenvalue weighted by Crippen LogP contribution is -2.43. The van der Waals surface area contributed by atoms with Crippen molar-refractivity contribution >= 4 is 15.9 Å². The van der Waals surface area contributed by atoms with Crippen molar-refractivity contribution in [2.45, 2.75) is 49.8 Å². The van der Waals surface area contributed by atoms with E-state index < -0.39 is 10.0 Å². The van der Waals surface area contributed by atoms with Crippen molar-refractivity contribution in [1.82, 2.24) is 14.2 Å². The van der Waals surface area contributed by atoms with E-state index in [0.29, 0.717) is 43.8 Å². The Labute approximate surface area is 185 Å². The standard InChI is InChI=1S/C24H31N3O3S/c1-26(15-13-22-8-4-5-14-25-22)24(28)20-11-16-27(17-12-20)31(29,30)23-10-9-19-6-2-3-7-21(19)18-23/h4-5,8-10,14,18,20H,2-3,6-7,11-13,15-17H2,1H3. The molecule has 166 valence electrons. The van der Waals surface area contributed by atoms with Gasteiger partial charge in [-0.05, 0) is 73.9 Å². The molecular weight excluding hydrogens is 410 g/mol. The lowest BCUT2D eigenvalue weighted by molar-refractivity contribution is -0.135. The van der Waals surface area contributed by atoms with Gasteiger partial charge in [0.05, 0.1) is 4.90 Å². The molecule has 0 N–H and O–H groups in total. The van der Waals surface area contributed by atoms with Crippen LogP contribution in [0.3, 0.4) is 0 Å². The van der Waals surface area contributed by atoms with E-state index in [-0.39, 0.29) is 11.8 Å². The molecule has 1 saturated heterocycles. The van der Waals surface area contributed by atoms with Gasteiger partial charge in [0.2, 0.25) is 15.9 Å². The summed E-state index contributed by atoms with van der Waals surface area (Å²) in [6.07, 6.45) is 7.91. The van der Waals surface area contributed by atoms with Gasteiger partial charge in [0.1, 0.15) is 0 Å². The number of amides is 1. The molecule has 1 aromatic carbocycles. The molecule has 0 spiro atoms. The van der Waals surface area contributed by atoms with Crippen molar-refractivity contribution in [2.75, 3.05) is 26.7 Å². The van der Waals surface area contributed by atoms with Crippen LogP contribution in [0.4, 0.5) is 0 Å². The largest absolute Gasteiger partial charge is 0.345 e. The molecule has 2 heterocycles. The van der Waals surface area contributed by atoms with Crippen molar-refractivity contribution in [1.29, 1.82) is 0 Å². The molecule has 0 unspecified atom stereocenters. The fourth-order valence-electron chi connectivity index (χ4n) is 4.61. The monoisotopic (exact) mass is 441 g/mol. The summed E-state index contributed by atoms with van der Waals surface area (Å²) in [5.74, 6) is -0.0227. The molecule has 1 fully saturated rings. The number of carbonyl (C=O) groups excluding carboxylic acids is 1. The summed E-state index contributed by atoms with van der Waals surface area (Å²) in [5, 5.41) is 0. The average Bonchev–Trinajstić information content (AvgIpc) is 2.82. The molecule has 6 nitrogen and oxygen atoms in total. The van der Waals surface area contributed by atoms with Crippen molar-refractivity contribution in [3.05, 3.63) is 59.4 Å².